The number of carbonyl (C=O) groups excluding carboxylic acids is 1. The zero-order valence-corrected chi connectivity index (χ0v) is 16.1. The Morgan fingerprint density at radius 3 is 2.77 bits per heavy atom. The molecule has 1 aliphatic carbocycles. The van der Waals surface area contributed by atoms with Crippen molar-refractivity contribution in [1.29, 1.82) is 0 Å². The topological polar surface area (TPSA) is 77.0 Å². The van der Waals surface area contributed by atoms with Gasteiger partial charge in [0, 0.05) is 35.8 Å². The summed E-state index contributed by atoms with van der Waals surface area (Å²) in [6, 6.07) is 8.29. The van der Waals surface area contributed by atoms with Gasteiger partial charge in [0.05, 0.1) is 5.75 Å². The van der Waals surface area contributed by atoms with Crippen LogP contribution in [0.3, 0.4) is 0 Å². The number of thioether (sulfide) groups is 1. The van der Waals surface area contributed by atoms with Gasteiger partial charge in [-0.25, -0.2) is 4.68 Å². The van der Waals surface area contributed by atoms with Gasteiger partial charge in [-0.15, -0.1) is 10.2 Å². The first-order valence-electron chi connectivity index (χ1n) is 8.81. The SMILES string of the molecule is CN1/C(=C\C(=O)CSc2nnc(C3CC3)n2N)C(C)(C)c2ccccc21. The summed E-state index contributed by atoms with van der Waals surface area (Å²) in [6.07, 6.45) is 3.99. The monoisotopic (exact) mass is 369 g/mol. The Morgan fingerprint density at radius 1 is 1.35 bits per heavy atom. The Hall–Kier alpha value is -2.28. The van der Waals surface area contributed by atoms with Crippen molar-refractivity contribution in [3.63, 3.8) is 0 Å². The van der Waals surface area contributed by atoms with E-state index in [1.807, 2.05) is 19.2 Å². The van der Waals surface area contributed by atoms with E-state index >= 15 is 0 Å². The van der Waals surface area contributed by atoms with Gasteiger partial charge in [0.2, 0.25) is 5.16 Å². The zero-order valence-electron chi connectivity index (χ0n) is 15.3. The number of nitrogen functional groups attached to an aromatic ring is 1. The Kier molecular flexibility index (Phi) is 4.06. The number of likely N-dealkylation sites (N-methyl/N-ethyl adjacent to an activating group) is 1. The van der Waals surface area contributed by atoms with Gasteiger partial charge in [-0.1, -0.05) is 43.8 Å². The molecule has 6 nitrogen and oxygen atoms in total. The van der Waals surface area contributed by atoms with Gasteiger partial charge >= 0.3 is 0 Å². The number of ketones is 1. The summed E-state index contributed by atoms with van der Waals surface area (Å²) >= 11 is 1.34. The van der Waals surface area contributed by atoms with E-state index in [1.54, 1.807) is 6.08 Å². The van der Waals surface area contributed by atoms with Gasteiger partial charge in [-0.2, -0.15) is 0 Å². The van der Waals surface area contributed by atoms with Crippen LogP contribution in [-0.2, 0) is 10.2 Å². The lowest BCUT2D eigenvalue weighted by molar-refractivity contribution is -0.112. The highest BCUT2D eigenvalue weighted by molar-refractivity contribution is 7.99. The molecule has 7 heteroatoms. The first kappa shape index (κ1) is 17.1. The van der Waals surface area contributed by atoms with Gasteiger partial charge in [0.1, 0.15) is 0 Å². The van der Waals surface area contributed by atoms with Crippen LogP contribution in [0.25, 0.3) is 0 Å². The minimum absolute atomic E-state index is 0.0497. The summed E-state index contributed by atoms with van der Waals surface area (Å²) in [5, 5.41) is 8.88. The normalized spacial score (nSPS) is 19.8. The summed E-state index contributed by atoms with van der Waals surface area (Å²) in [5.74, 6) is 7.66. The molecule has 0 amide bonds. The van der Waals surface area contributed by atoms with Crippen molar-refractivity contribution in [2.45, 2.75) is 43.2 Å². The zero-order chi connectivity index (χ0) is 18.5. The molecule has 1 fully saturated rings. The number of hydrogen-bond acceptors (Lipinski definition) is 6. The summed E-state index contributed by atoms with van der Waals surface area (Å²) in [5.41, 5.74) is 3.21. The Labute approximate surface area is 157 Å². The highest BCUT2D eigenvalue weighted by atomic mass is 32.2. The molecule has 2 N–H and O–H groups in total. The number of benzene rings is 1. The average molecular weight is 369 g/mol. The number of rotatable bonds is 5. The van der Waals surface area contributed by atoms with E-state index in [2.05, 4.69) is 41.1 Å². The molecule has 0 bridgehead atoms. The van der Waals surface area contributed by atoms with Gasteiger partial charge in [-0.3, -0.25) is 4.79 Å². The van der Waals surface area contributed by atoms with E-state index in [4.69, 9.17) is 5.84 Å². The van der Waals surface area contributed by atoms with E-state index in [9.17, 15) is 4.79 Å². The highest BCUT2D eigenvalue weighted by Crippen LogP contribution is 2.46. The third-order valence-electron chi connectivity index (χ3n) is 5.22. The van der Waals surface area contributed by atoms with E-state index in [0.717, 1.165) is 30.1 Å². The largest absolute Gasteiger partial charge is 0.347 e. The lowest BCUT2D eigenvalue weighted by Crippen LogP contribution is -2.24. The molecule has 0 spiro atoms. The summed E-state index contributed by atoms with van der Waals surface area (Å²) in [7, 11) is 2.01. The minimum atomic E-state index is -0.196. The second kappa shape index (κ2) is 6.16. The molecule has 2 aliphatic rings. The van der Waals surface area contributed by atoms with Crippen LogP contribution in [0, 0.1) is 0 Å². The second-order valence-electron chi connectivity index (χ2n) is 7.47. The molecule has 1 aromatic carbocycles. The molecule has 26 heavy (non-hydrogen) atoms. The minimum Gasteiger partial charge on any atom is -0.347 e. The maximum Gasteiger partial charge on any atom is 0.210 e. The molecule has 2 aromatic rings. The fraction of sp³-hybridized carbons (Fsp3) is 0.421. The summed E-state index contributed by atoms with van der Waals surface area (Å²) in [4.78, 5) is 14.7. The third-order valence-corrected chi connectivity index (χ3v) is 6.18. The number of fused-ring (bicyclic) bond motifs is 1. The van der Waals surface area contributed by atoms with Crippen LogP contribution in [0.5, 0.6) is 0 Å². The maximum absolute atomic E-state index is 12.6. The van der Waals surface area contributed by atoms with Crippen LogP contribution in [0.4, 0.5) is 5.69 Å². The van der Waals surface area contributed by atoms with Crippen LogP contribution in [0.1, 0.15) is 44.0 Å². The number of anilines is 1. The van der Waals surface area contributed by atoms with E-state index < -0.39 is 0 Å². The average Bonchev–Trinajstić information content (AvgIpc) is 3.37. The lowest BCUT2D eigenvalue weighted by atomic mass is 9.83. The number of hydrogen-bond donors (Lipinski definition) is 1. The first-order chi connectivity index (χ1) is 12.4. The van der Waals surface area contributed by atoms with Crippen molar-refractivity contribution >= 4 is 23.2 Å². The molecule has 136 valence electrons. The summed E-state index contributed by atoms with van der Waals surface area (Å²) < 4.78 is 1.53. The molecule has 1 saturated carbocycles. The van der Waals surface area contributed by atoms with Gasteiger partial charge in [0.25, 0.3) is 0 Å². The fourth-order valence-electron chi connectivity index (χ4n) is 3.60. The molecular formula is C19H23N5OS. The lowest BCUT2D eigenvalue weighted by Gasteiger charge is -2.23. The molecule has 0 atom stereocenters. The van der Waals surface area contributed by atoms with Crippen molar-refractivity contribution in [2.75, 3.05) is 23.5 Å². The fourth-order valence-corrected chi connectivity index (χ4v) is 4.28. The second-order valence-corrected chi connectivity index (χ2v) is 8.41. The van der Waals surface area contributed by atoms with Gasteiger partial charge < -0.3 is 10.7 Å². The van der Waals surface area contributed by atoms with Crippen LogP contribution in [-0.4, -0.2) is 33.5 Å². The number of nitrogens with two attached hydrogens (primary N) is 1. The molecule has 2 heterocycles. The van der Waals surface area contributed by atoms with Crippen molar-refractivity contribution in [3.05, 3.63) is 47.4 Å². The number of carbonyl (C=O) groups is 1. The molecule has 0 saturated heterocycles. The molecular weight excluding hydrogens is 346 g/mol. The predicted molar refractivity (Wildman–Crippen MR) is 104 cm³/mol. The first-order valence-corrected chi connectivity index (χ1v) is 9.79. The number of aromatic nitrogens is 3. The Balaban J connectivity index is 1.49. The number of allylic oxidation sites excluding steroid dienone is 2. The van der Waals surface area contributed by atoms with E-state index in [-0.39, 0.29) is 11.2 Å². The van der Waals surface area contributed by atoms with Crippen molar-refractivity contribution in [2.24, 2.45) is 0 Å². The van der Waals surface area contributed by atoms with E-state index in [0.29, 0.717) is 16.8 Å². The van der Waals surface area contributed by atoms with Crippen LogP contribution in [0.15, 0.2) is 41.2 Å². The van der Waals surface area contributed by atoms with Crippen molar-refractivity contribution < 1.29 is 4.79 Å². The molecule has 0 radical (unpaired) electrons. The van der Waals surface area contributed by atoms with Gasteiger partial charge in [0.15, 0.2) is 11.6 Å². The smallest absolute Gasteiger partial charge is 0.210 e. The maximum atomic E-state index is 12.6. The van der Waals surface area contributed by atoms with Crippen LogP contribution >= 0.6 is 11.8 Å². The molecule has 0 unspecified atom stereocenters. The van der Waals surface area contributed by atoms with E-state index in [1.165, 1.54) is 22.0 Å². The van der Waals surface area contributed by atoms with Gasteiger partial charge in [-0.05, 0) is 24.5 Å². The Morgan fingerprint density at radius 2 is 2.08 bits per heavy atom. The molecule has 1 aliphatic heterocycles. The highest BCUT2D eigenvalue weighted by Gasteiger charge is 2.38. The van der Waals surface area contributed by atoms with Crippen molar-refractivity contribution in [3.8, 4) is 0 Å². The van der Waals surface area contributed by atoms with Crippen molar-refractivity contribution in [1.82, 2.24) is 14.9 Å². The molecule has 1 aromatic heterocycles. The molecule has 4 rings (SSSR count). The standard InChI is InChI=1S/C19H23N5OS/c1-19(2)14-6-4-5-7-15(14)23(3)16(19)10-13(25)11-26-18-22-21-17(24(18)20)12-8-9-12/h4-7,10,12H,8-9,11,20H2,1-3H3/b16-10-. The quantitative estimate of drug-likeness (QED) is 0.496. The Bertz CT molecular complexity index is 897. The number of nitrogens with zero attached hydrogens (tertiary/aromatic N) is 4. The summed E-state index contributed by atoms with van der Waals surface area (Å²) in [6.45, 7) is 4.31. The van der Waals surface area contributed by atoms with Crippen LogP contribution < -0.4 is 10.7 Å². The third kappa shape index (κ3) is 2.80. The predicted octanol–water partition coefficient (Wildman–Crippen LogP) is 2.84. The van der Waals surface area contributed by atoms with Crippen LogP contribution in [0.2, 0.25) is 0 Å². The number of para-hydroxylation sites is 1.